The molecule has 0 radical (unpaired) electrons. The molecule has 0 aliphatic carbocycles. The molecule has 5 heteroatoms. The first-order chi connectivity index (χ1) is 10.3. The van der Waals surface area contributed by atoms with E-state index in [-0.39, 0.29) is 12.7 Å². The van der Waals surface area contributed by atoms with Crippen LogP contribution in [0.25, 0.3) is 0 Å². The molecule has 1 aliphatic rings. The van der Waals surface area contributed by atoms with E-state index in [1.165, 1.54) is 4.88 Å². The van der Waals surface area contributed by atoms with Gasteiger partial charge in [-0.1, -0.05) is 12.1 Å². The molecule has 1 N–H and O–H groups in total. The Hall–Kier alpha value is -2.01. The molecule has 1 aliphatic heterocycles. The van der Waals surface area contributed by atoms with Gasteiger partial charge in [-0.15, -0.1) is 11.3 Å². The van der Waals surface area contributed by atoms with E-state index < -0.39 is 0 Å². The van der Waals surface area contributed by atoms with Crippen LogP contribution in [0.15, 0.2) is 35.7 Å². The molecule has 0 fully saturated rings. The molecule has 0 bridgehead atoms. The second kappa shape index (κ2) is 6.63. The summed E-state index contributed by atoms with van der Waals surface area (Å²) in [5, 5.41) is 5.01. The fourth-order valence-electron chi connectivity index (χ4n) is 2.22. The van der Waals surface area contributed by atoms with Crippen LogP contribution in [0.2, 0.25) is 0 Å². The number of carbonyl (C=O) groups is 1. The van der Waals surface area contributed by atoms with Crippen LogP contribution in [-0.4, -0.2) is 19.2 Å². The number of amides is 1. The molecule has 3 rings (SSSR count). The van der Waals surface area contributed by atoms with Crippen molar-refractivity contribution in [2.24, 2.45) is 0 Å². The van der Waals surface area contributed by atoms with Crippen molar-refractivity contribution in [1.29, 1.82) is 0 Å². The molecule has 1 aromatic carbocycles. The van der Waals surface area contributed by atoms with Crippen molar-refractivity contribution in [2.45, 2.75) is 19.3 Å². The van der Waals surface area contributed by atoms with Crippen LogP contribution in [0, 0.1) is 0 Å². The highest BCUT2D eigenvalue weighted by molar-refractivity contribution is 7.09. The minimum absolute atomic E-state index is 0.0872. The summed E-state index contributed by atoms with van der Waals surface area (Å²) in [7, 11) is 0. The van der Waals surface area contributed by atoms with Gasteiger partial charge in [-0.2, -0.15) is 0 Å². The van der Waals surface area contributed by atoms with E-state index in [2.05, 4.69) is 16.8 Å². The number of hydrogen-bond donors (Lipinski definition) is 1. The minimum atomic E-state index is 0.0872. The maximum Gasteiger partial charge on any atom is 0.231 e. The van der Waals surface area contributed by atoms with Gasteiger partial charge in [-0.3, -0.25) is 4.79 Å². The number of ether oxygens (including phenoxy) is 2. The maximum absolute atomic E-state index is 11.8. The highest BCUT2D eigenvalue weighted by Crippen LogP contribution is 2.32. The summed E-state index contributed by atoms with van der Waals surface area (Å²) in [6.45, 7) is 0.975. The Morgan fingerprint density at radius 2 is 2.10 bits per heavy atom. The summed E-state index contributed by atoms with van der Waals surface area (Å²) in [6.07, 6.45) is 2.10. The van der Waals surface area contributed by atoms with E-state index in [1.807, 2.05) is 24.3 Å². The third-order valence-corrected chi connectivity index (χ3v) is 4.29. The van der Waals surface area contributed by atoms with Crippen LogP contribution < -0.4 is 14.8 Å². The summed E-state index contributed by atoms with van der Waals surface area (Å²) in [4.78, 5) is 13.1. The molecule has 0 atom stereocenters. The number of rotatable bonds is 6. The third-order valence-electron chi connectivity index (χ3n) is 3.35. The predicted octanol–water partition coefficient (Wildman–Crippen LogP) is 2.77. The van der Waals surface area contributed by atoms with Gasteiger partial charge < -0.3 is 14.8 Å². The topological polar surface area (TPSA) is 47.6 Å². The number of aryl methyl sites for hydroxylation is 1. The van der Waals surface area contributed by atoms with Gasteiger partial charge in [0.1, 0.15) is 0 Å². The lowest BCUT2D eigenvalue weighted by molar-refractivity contribution is -0.121. The zero-order chi connectivity index (χ0) is 14.5. The first kappa shape index (κ1) is 13.9. The van der Waals surface area contributed by atoms with Crippen LogP contribution in [-0.2, 0) is 17.6 Å². The van der Waals surface area contributed by atoms with Gasteiger partial charge in [0.2, 0.25) is 12.7 Å². The van der Waals surface area contributed by atoms with Crippen molar-refractivity contribution < 1.29 is 14.3 Å². The van der Waals surface area contributed by atoms with Crippen LogP contribution in [0.5, 0.6) is 11.5 Å². The summed E-state index contributed by atoms with van der Waals surface area (Å²) in [6, 6.07) is 9.94. The van der Waals surface area contributed by atoms with Crippen LogP contribution in [0.3, 0.4) is 0 Å². The number of thiophene rings is 1. The smallest absolute Gasteiger partial charge is 0.231 e. The largest absolute Gasteiger partial charge is 0.454 e. The van der Waals surface area contributed by atoms with Gasteiger partial charge in [0.15, 0.2) is 11.5 Å². The van der Waals surface area contributed by atoms with Crippen molar-refractivity contribution in [3.63, 3.8) is 0 Å². The molecule has 21 heavy (non-hydrogen) atoms. The normalized spacial score (nSPS) is 12.4. The first-order valence-electron chi connectivity index (χ1n) is 6.99. The molecular formula is C16H17NO3S. The van der Waals surface area contributed by atoms with Crippen molar-refractivity contribution in [1.82, 2.24) is 5.32 Å². The summed E-state index contributed by atoms with van der Waals surface area (Å²) in [5.74, 6) is 1.63. The Morgan fingerprint density at radius 3 is 2.95 bits per heavy atom. The number of hydrogen-bond acceptors (Lipinski definition) is 4. The van der Waals surface area contributed by atoms with E-state index in [0.717, 1.165) is 23.5 Å². The fourth-order valence-corrected chi connectivity index (χ4v) is 2.93. The summed E-state index contributed by atoms with van der Waals surface area (Å²) >= 11 is 1.72. The molecule has 4 nitrogen and oxygen atoms in total. The molecule has 0 unspecified atom stereocenters. The second-order valence-corrected chi connectivity index (χ2v) is 5.90. The number of fused-ring (bicyclic) bond motifs is 1. The Labute approximate surface area is 127 Å². The van der Waals surface area contributed by atoms with Gasteiger partial charge in [0, 0.05) is 17.8 Å². The lowest BCUT2D eigenvalue weighted by atomic mass is 10.1. The molecule has 2 heterocycles. The predicted molar refractivity (Wildman–Crippen MR) is 81.9 cm³/mol. The molecule has 110 valence electrons. The standard InChI is InChI=1S/C16H17NO3S/c18-16(17-8-7-13-2-1-9-21-13)6-4-12-3-5-14-15(10-12)20-11-19-14/h1-3,5,9-10H,4,6-8,11H2,(H,17,18). The first-order valence-corrected chi connectivity index (χ1v) is 7.87. The highest BCUT2D eigenvalue weighted by Gasteiger charge is 2.13. The minimum Gasteiger partial charge on any atom is -0.454 e. The molecule has 2 aromatic rings. The second-order valence-electron chi connectivity index (χ2n) is 4.87. The Balaban J connectivity index is 1.41. The van der Waals surface area contributed by atoms with Crippen molar-refractivity contribution in [3.05, 3.63) is 46.2 Å². The summed E-state index contributed by atoms with van der Waals surface area (Å²) < 4.78 is 10.6. The molecule has 0 spiro atoms. The molecule has 1 amide bonds. The molecule has 1 aromatic heterocycles. The lowest BCUT2D eigenvalue weighted by Crippen LogP contribution is -2.25. The van der Waals surface area contributed by atoms with Crippen LogP contribution >= 0.6 is 11.3 Å². The molecule has 0 saturated heterocycles. The van der Waals surface area contributed by atoms with Crippen molar-refractivity contribution >= 4 is 17.2 Å². The van der Waals surface area contributed by atoms with Gasteiger partial charge in [-0.05, 0) is 42.0 Å². The van der Waals surface area contributed by atoms with E-state index >= 15 is 0 Å². The van der Waals surface area contributed by atoms with E-state index in [9.17, 15) is 4.79 Å². The van der Waals surface area contributed by atoms with E-state index in [4.69, 9.17) is 9.47 Å². The van der Waals surface area contributed by atoms with Gasteiger partial charge in [0.05, 0.1) is 0 Å². The van der Waals surface area contributed by atoms with E-state index in [1.54, 1.807) is 11.3 Å². The quantitative estimate of drug-likeness (QED) is 0.892. The fraction of sp³-hybridized carbons (Fsp3) is 0.312. The number of carbonyl (C=O) groups excluding carboxylic acids is 1. The van der Waals surface area contributed by atoms with E-state index in [0.29, 0.717) is 19.4 Å². The lowest BCUT2D eigenvalue weighted by Gasteiger charge is -2.05. The van der Waals surface area contributed by atoms with Crippen LogP contribution in [0.1, 0.15) is 16.9 Å². The van der Waals surface area contributed by atoms with Crippen molar-refractivity contribution in [3.8, 4) is 11.5 Å². The zero-order valence-corrected chi connectivity index (χ0v) is 12.4. The SMILES string of the molecule is O=C(CCc1ccc2c(c1)OCO2)NCCc1cccs1. The zero-order valence-electron chi connectivity index (χ0n) is 11.6. The van der Waals surface area contributed by atoms with Gasteiger partial charge in [-0.25, -0.2) is 0 Å². The number of nitrogens with one attached hydrogen (secondary N) is 1. The molecular weight excluding hydrogens is 286 g/mol. The molecule has 0 saturated carbocycles. The maximum atomic E-state index is 11.8. The van der Waals surface area contributed by atoms with Gasteiger partial charge in [0.25, 0.3) is 0 Å². The average Bonchev–Trinajstić information content (AvgIpc) is 3.15. The van der Waals surface area contributed by atoms with Gasteiger partial charge >= 0.3 is 0 Å². The number of benzene rings is 1. The monoisotopic (exact) mass is 303 g/mol. The Kier molecular flexibility index (Phi) is 4.40. The Bertz CT molecular complexity index is 610. The summed E-state index contributed by atoms with van der Waals surface area (Å²) in [5.41, 5.74) is 1.09. The average molecular weight is 303 g/mol. The third kappa shape index (κ3) is 3.76. The highest BCUT2D eigenvalue weighted by atomic mass is 32.1. The van der Waals surface area contributed by atoms with Crippen LogP contribution in [0.4, 0.5) is 0 Å². The Morgan fingerprint density at radius 1 is 1.19 bits per heavy atom. The van der Waals surface area contributed by atoms with Crippen molar-refractivity contribution in [2.75, 3.05) is 13.3 Å².